The molecule has 0 aliphatic heterocycles. The second-order valence-corrected chi connectivity index (χ2v) is 8.62. The molecule has 0 aromatic heterocycles. The average molecular weight is 420 g/mol. The zero-order valence-corrected chi connectivity index (χ0v) is 19.3. The van der Waals surface area contributed by atoms with Gasteiger partial charge in [0.2, 0.25) is 0 Å². The summed E-state index contributed by atoms with van der Waals surface area (Å²) in [6, 6.07) is 7.38. The highest BCUT2D eigenvalue weighted by Crippen LogP contribution is 2.09. The van der Waals surface area contributed by atoms with Crippen LogP contribution < -0.4 is 21.3 Å². The third-order valence-corrected chi connectivity index (χ3v) is 3.85. The molecule has 0 aliphatic rings. The van der Waals surface area contributed by atoms with Gasteiger partial charge < -0.3 is 26.0 Å². The van der Waals surface area contributed by atoms with Gasteiger partial charge in [-0.25, -0.2) is 9.79 Å². The lowest BCUT2D eigenvalue weighted by Gasteiger charge is -2.29. The Bertz CT molecular complexity index is 721. The van der Waals surface area contributed by atoms with Gasteiger partial charge >= 0.3 is 6.09 Å². The molecule has 4 N–H and O–H groups in total. The normalized spacial score (nSPS) is 12.2. The number of hydrogen-bond donors (Lipinski definition) is 4. The van der Waals surface area contributed by atoms with Gasteiger partial charge in [-0.1, -0.05) is 12.1 Å². The second kappa shape index (κ2) is 11.4. The van der Waals surface area contributed by atoms with E-state index in [1.54, 1.807) is 12.1 Å². The van der Waals surface area contributed by atoms with Crippen LogP contribution in [0, 0.1) is 0 Å². The summed E-state index contributed by atoms with van der Waals surface area (Å²) in [4.78, 5) is 28.5. The Morgan fingerprint density at radius 3 is 2.07 bits per heavy atom. The number of guanidine groups is 1. The maximum atomic E-state index is 12.0. The van der Waals surface area contributed by atoms with E-state index >= 15 is 0 Å². The van der Waals surface area contributed by atoms with Crippen LogP contribution in [0.2, 0.25) is 0 Å². The summed E-state index contributed by atoms with van der Waals surface area (Å²) in [6.45, 7) is 15.4. The van der Waals surface area contributed by atoms with E-state index in [1.165, 1.54) is 0 Å². The largest absolute Gasteiger partial charge is 0.444 e. The van der Waals surface area contributed by atoms with Crippen molar-refractivity contribution in [1.29, 1.82) is 0 Å². The predicted molar refractivity (Wildman–Crippen MR) is 121 cm³/mol. The number of alkyl carbamates (subject to hydrolysis) is 1. The fourth-order valence-electron chi connectivity index (χ4n) is 2.47. The summed E-state index contributed by atoms with van der Waals surface area (Å²) < 4.78 is 5.32. The van der Waals surface area contributed by atoms with Crippen molar-refractivity contribution in [1.82, 2.24) is 21.3 Å². The van der Waals surface area contributed by atoms with Crippen LogP contribution in [0.1, 0.15) is 64.4 Å². The van der Waals surface area contributed by atoms with E-state index < -0.39 is 17.2 Å². The van der Waals surface area contributed by atoms with Gasteiger partial charge in [0.1, 0.15) is 5.60 Å². The first-order valence-corrected chi connectivity index (χ1v) is 10.4. The standard InChI is InChI=1S/C22H37N5O3/c1-8-23-18(28)17-12-10-16(11-13-17)14-25-19(24-9-2)26-15-22(6,7)27-20(29)30-21(3,4)5/h10-13H,8-9,14-15H2,1-7H3,(H,23,28)(H,27,29)(H2,24,25,26). The first-order chi connectivity index (χ1) is 14.0. The van der Waals surface area contributed by atoms with E-state index in [4.69, 9.17) is 4.74 Å². The summed E-state index contributed by atoms with van der Waals surface area (Å²) in [5.41, 5.74) is 0.541. The number of rotatable bonds is 8. The molecule has 0 bridgehead atoms. The maximum Gasteiger partial charge on any atom is 0.408 e. The molecule has 0 spiro atoms. The Morgan fingerprint density at radius 1 is 0.933 bits per heavy atom. The summed E-state index contributed by atoms with van der Waals surface area (Å²) in [5.74, 6) is 0.562. The number of benzene rings is 1. The summed E-state index contributed by atoms with van der Waals surface area (Å²) in [6.07, 6.45) is -0.455. The molecule has 168 valence electrons. The molecule has 1 aromatic carbocycles. The fraction of sp³-hybridized carbons (Fsp3) is 0.591. The van der Waals surface area contributed by atoms with Crippen molar-refractivity contribution >= 4 is 18.0 Å². The van der Waals surface area contributed by atoms with E-state index in [0.29, 0.717) is 37.7 Å². The number of carbonyl (C=O) groups is 2. The van der Waals surface area contributed by atoms with E-state index in [9.17, 15) is 9.59 Å². The topological polar surface area (TPSA) is 104 Å². The number of nitrogens with one attached hydrogen (secondary N) is 4. The summed E-state index contributed by atoms with van der Waals surface area (Å²) in [7, 11) is 0. The molecule has 1 aromatic rings. The molecule has 0 aliphatic carbocycles. The maximum absolute atomic E-state index is 12.0. The van der Waals surface area contributed by atoms with E-state index in [1.807, 2.05) is 60.6 Å². The van der Waals surface area contributed by atoms with Crippen molar-refractivity contribution in [2.45, 2.75) is 66.2 Å². The number of aliphatic imine (C=N–C) groups is 1. The van der Waals surface area contributed by atoms with Gasteiger partial charge in [0.05, 0.1) is 12.1 Å². The van der Waals surface area contributed by atoms with Gasteiger partial charge in [0.25, 0.3) is 5.91 Å². The Kier molecular flexibility index (Phi) is 9.62. The predicted octanol–water partition coefficient (Wildman–Crippen LogP) is 2.79. The van der Waals surface area contributed by atoms with Crippen molar-refractivity contribution < 1.29 is 14.3 Å². The number of carbonyl (C=O) groups excluding carboxylic acids is 2. The number of hydrogen-bond acceptors (Lipinski definition) is 4. The summed E-state index contributed by atoms with van der Waals surface area (Å²) >= 11 is 0. The van der Waals surface area contributed by atoms with E-state index in [0.717, 1.165) is 5.56 Å². The lowest BCUT2D eigenvalue weighted by molar-refractivity contribution is 0.0473. The van der Waals surface area contributed by atoms with Gasteiger partial charge in [-0.3, -0.25) is 4.79 Å². The van der Waals surface area contributed by atoms with E-state index in [2.05, 4.69) is 26.3 Å². The van der Waals surface area contributed by atoms with Gasteiger partial charge in [-0.2, -0.15) is 0 Å². The molecule has 30 heavy (non-hydrogen) atoms. The number of ether oxygens (including phenoxy) is 1. The van der Waals surface area contributed by atoms with Crippen LogP contribution in [0.25, 0.3) is 0 Å². The smallest absolute Gasteiger partial charge is 0.408 e. The van der Waals surface area contributed by atoms with Crippen molar-refractivity contribution in [3.8, 4) is 0 Å². The Balaban J connectivity index is 2.67. The van der Waals surface area contributed by atoms with Crippen molar-refractivity contribution in [3.63, 3.8) is 0 Å². The fourth-order valence-corrected chi connectivity index (χ4v) is 2.47. The number of nitrogens with zero attached hydrogens (tertiary/aromatic N) is 1. The molecule has 0 saturated heterocycles. The van der Waals surface area contributed by atoms with Gasteiger partial charge in [0, 0.05) is 25.2 Å². The molecule has 0 fully saturated rings. The van der Waals surface area contributed by atoms with Crippen LogP contribution in [0.5, 0.6) is 0 Å². The van der Waals surface area contributed by atoms with E-state index in [-0.39, 0.29) is 5.91 Å². The Hall–Kier alpha value is -2.77. The minimum atomic E-state index is -0.545. The quantitative estimate of drug-likeness (QED) is 0.383. The van der Waals surface area contributed by atoms with Crippen LogP contribution in [0.15, 0.2) is 29.3 Å². The number of amides is 2. The zero-order valence-electron chi connectivity index (χ0n) is 19.3. The van der Waals surface area contributed by atoms with Gasteiger partial charge in [0.15, 0.2) is 5.96 Å². The monoisotopic (exact) mass is 419 g/mol. The Labute approximate surface area is 180 Å². The highest BCUT2D eigenvalue weighted by molar-refractivity contribution is 5.94. The molecule has 0 unspecified atom stereocenters. The van der Waals surface area contributed by atoms with Crippen LogP contribution in [-0.4, -0.2) is 48.7 Å². The van der Waals surface area contributed by atoms with Crippen molar-refractivity contribution in [3.05, 3.63) is 35.4 Å². The first-order valence-electron chi connectivity index (χ1n) is 10.4. The molecule has 8 heteroatoms. The third-order valence-electron chi connectivity index (χ3n) is 3.85. The van der Waals surface area contributed by atoms with Crippen LogP contribution in [0.3, 0.4) is 0 Å². The SMILES string of the molecule is CCNC(=O)c1ccc(CN=C(NCC)NCC(C)(C)NC(=O)OC(C)(C)C)cc1. The zero-order chi connectivity index (χ0) is 22.8. The molecular weight excluding hydrogens is 382 g/mol. The first kappa shape index (κ1) is 25.3. The molecule has 0 heterocycles. The molecule has 0 radical (unpaired) electrons. The Morgan fingerprint density at radius 2 is 1.53 bits per heavy atom. The summed E-state index contributed by atoms with van der Waals surface area (Å²) in [5, 5.41) is 12.1. The van der Waals surface area contributed by atoms with Gasteiger partial charge in [-0.15, -0.1) is 0 Å². The van der Waals surface area contributed by atoms with Crippen LogP contribution >= 0.6 is 0 Å². The second-order valence-electron chi connectivity index (χ2n) is 8.62. The lowest BCUT2D eigenvalue weighted by Crippen LogP contribution is -2.54. The lowest BCUT2D eigenvalue weighted by atomic mass is 10.1. The third kappa shape index (κ3) is 10.1. The van der Waals surface area contributed by atoms with Crippen molar-refractivity contribution in [2.24, 2.45) is 4.99 Å². The van der Waals surface area contributed by atoms with Crippen LogP contribution in [-0.2, 0) is 11.3 Å². The molecule has 8 nitrogen and oxygen atoms in total. The highest BCUT2D eigenvalue weighted by Gasteiger charge is 2.24. The van der Waals surface area contributed by atoms with Crippen LogP contribution in [0.4, 0.5) is 4.79 Å². The molecule has 1 rings (SSSR count). The van der Waals surface area contributed by atoms with Gasteiger partial charge in [-0.05, 0) is 66.2 Å². The minimum Gasteiger partial charge on any atom is -0.444 e. The van der Waals surface area contributed by atoms with Crippen molar-refractivity contribution in [2.75, 3.05) is 19.6 Å². The molecule has 0 saturated carbocycles. The molecular formula is C22H37N5O3. The minimum absolute atomic E-state index is 0.0812. The average Bonchev–Trinajstić information content (AvgIpc) is 2.62. The molecule has 0 atom stereocenters. The molecule has 2 amide bonds. The highest BCUT2D eigenvalue weighted by atomic mass is 16.6.